The normalized spacial score (nSPS) is 11.2. The van der Waals surface area contributed by atoms with Gasteiger partial charge in [-0.05, 0) is 48.5 Å². The summed E-state index contributed by atoms with van der Waals surface area (Å²) in [4.78, 5) is 26.1. The lowest BCUT2D eigenvalue weighted by molar-refractivity contribution is 0.102. The van der Waals surface area contributed by atoms with E-state index in [-0.39, 0.29) is 17.1 Å². The summed E-state index contributed by atoms with van der Waals surface area (Å²) in [6, 6.07) is 21.2. The van der Waals surface area contributed by atoms with E-state index in [0.717, 1.165) is 0 Å². The summed E-state index contributed by atoms with van der Waals surface area (Å²) in [5.41, 5.74) is 1.63. The molecule has 0 radical (unpaired) electrons. The smallest absolute Gasteiger partial charge is 0.267 e. The molecule has 0 aliphatic carbocycles. The number of hydrogen-bond acceptors (Lipinski definition) is 6. The van der Waals surface area contributed by atoms with E-state index in [0.29, 0.717) is 43.9 Å². The van der Waals surface area contributed by atoms with Crippen molar-refractivity contribution < 1.29 is 9.53 Å². The van der Waals surface area contributed by atoms with Crippen molar-refractivity contribution in [2.75, 3.05) is 12.9 Å². The lowest BCUT2D eigenvalue weighted by atomic mass is 10.1. The van der Waals surface area contributed by atoms with Gasteiger partial charge in [0.2, 0.25) is 5.78 Å². The van der Waals surface area contributed by atoms with E-state index in [1.165, 1.54) is 16.3 Å². The predicted molar refractivity (Wildman–Crippen MR) is 129 cm³/mol. The second-order valence-corrected chi connectivity index (χ2v) is 8.57. The maximum Gasteiger partial charge on any atom is 0.267 e. The van der Waals surface area contributed by atoms with Crippen molar-refractivity contribution in [3.8, 4) is 11.4 Å². The van der Waals surface area contributed by atoms with Crippen LogP contribution in [0.1, 0.15) is 10.4 Å². The van der Waals surface area contributed by atoms with Crippen LogP contribution >= 0.6 is 23.4 Å². The molecule has 0 bridgehead atoms. The highest BCUT2D eigenvalue weighted by molar-refractivity contribution is 7.99. The van der Waals surface area contributed by atoms with Gasteiger partial charge in [0.25, 0.3) is 5.56 Å². The van der Waals surface area contributed by atoms with Crippen LogP contribution in [-0.4, -0.2) is 37.8 Å². The number of ketones is 1. The minimum absolute atomic E-state index is 0.0566. The molecule has 3 aromatic carbocycles. The predicted octanol–water partition coefficient (Wildman–Crippen LogP) is 4.67. The van der Waals surface area contributed by atoms with Crippen molar-refractivity contribution >= 4 is 45.8 Å². The number of ether oxygens (including phenoxy) is 1. The molecule has 0 atom stereocenters. The number of halogens is 1. The number of thioether (sulfide) groups is 1. The molecule has 0 spiro atoms. The third kappa shape index (κ3) is 3.88. The zero-order valence-electron chi connectivity index (χ0n) is 17.4. The van der Waals surface area contributed by atoms with Crippen LogP contribution in [0.15, 0.2) is 82.7 Å². The average Bonchev–Trinajstić information content (AvgIpc) is 3.27. The van der Waals surface area contributed by atoms with Crippen LogP contribution in [0, 0.1) is 0 Å². The Labute approximate surface area is 197 Å². The third-order valence-electron chi connectivity index (χ3n) is 5.20. The van der Waals surface area contributed by atoms with Crippen molar-refractivity contribution in [2.24, 2.45) is 0 Å². The molecule has 5 rings (SSSR count). The molecule has 0 fully saturated rings. The van der Waals surface area contributed by atoms with Gasteiger partial charge in [-0.25, -0.2) is 4.57 Å². The standard InChI is InChI=1S/C24H17ClN4O3S/c1-32-18-6-4-5-17(13-18)28-22(31)19-7-2-3-8-20(19)29-23(28)26-27-24(29)33-14-21(30)15-9-11-16(25)12-10-15/h2-13H,14H2,1H3. The first-order valence-corrected chi connectivity index (χ1v) is 11.4. The van der Waals surface area contributed by atoms with Gasteiger partial charge < -0.3 is 4.74 Å². The second-order valence-electron chi connectivity index (χ2n) is 7.20. The zero-order chi connectivity index (χ0) is 22.9. The maximum absolute atomic E-state index is 13.4. The third-order valence-corrected chi connectivity index (χ3v) is 6.39. The molecular formula is C24H17ClN4O3S. The fourth-order valence-electron chi connectivity index (χ4n) is 3.60. The van der Waals surface area contributed by atoms with Crippen LogP contribution < -0.4 is 10.3 Å². The fourth-order valence-corrected chi connectivity index (χ4v) is 4.56. The van der Waals surface area contributed by atoms with Crippen molar-refractivity contribution in [1.29, 1.82) is 0 Å². The summed E-state index contributed by atoms with van der Waals surface area (Å²) in [6.45, 7) is 0. The Bertz CT molecular complexity index is 1560. The van der Waals surface area contributed by atoms with Gasteiger partial charge in [-0.3, -0.25) is 14.0 Å². The highest BCUT2D eigenvalue weighted by atomic mass is 35.5. The number of para-hydroxylation sites is 1. The lowest BCUT2D eigenvalue weighted by Gasteiger charge is -2.12. The molecule has 164 valence electrons. The van der Waals surface area contributed by atoms with Gasteiger partial charge >= 0.3 is 0 Å². The molecule has 7 nitrogen and oxygen atoms in total. The first-order valence-electron chi connectivity index (χ1n) is 10.0. The summed E-state index contributed by atoms with van der Waals surface area (Å²) in [5.74, 6) is 1.08. The largest absolute Gasteiger partial charge is 0.497 e. The van der Waals surface area contributed by atoms with Crippen LogP contribution in [0.25, 0.3) is 22.4 Å². The van der Waals surface area contributed by atoms with Gasteiger partial charge in [-0.1, -0.05) is 41.6 Å². The molecule has 5 aromatic rings. The number of fused-ring (bicyclic) bond motifs is 3. The van der Waals surface area contributed by atoms with E-state index in [1.54, 1.807) is 54.0 Å². The first-order chi connectivity index (χ1) is 16.1. The van der Waals surface area contributed by atoms with Crippen LogP contribution in [0.3, 0.4) is 0 Å². The molecule has 2 heterocycles. The molecule has 0 saturated heterocycles. The number of carbonyl (C=O) groups is 1. The van der Waals surface area contributed by atoms with E-state index in [2.05, 4.69) is 10.2 Å². The van der Waals surface area contributed by atoms with E-state index >= 15 is 0 Å². The summed E-state index contributed by atoms with van der Waals surface area (Å²) in [7, 11) is 1.57. The van der Waals surface area contributed by atoms with E-state index in [1.807, 2.05) is 30.3 Å². The topological polar surface area (TPSA) is 78.5 Å². The Morgan fingerprint density at radius 1 is 1.03 bits per heavy atom. The maximum atomic E-state index is 13.4. The van der Waals surface area contributed by atoms with Crippen LogP contribution in [0.2, 0.25) is 5.02 Å². The number of benzene rings is 3. The van der Waals surface area contributed by atoms with Crippen molar-refractivity contribution in [2.45, 2.75) is 5.16 Å². The molecule has 2 aromatic heterocycles. The molecule has 33 heavy (non-hydrogen) atoms. The number of nitrogens with zero attached hydrogens (tertiary/aromatic N) is 4. The Morgan fingerprint density at radius 2 is 1.82 bits per heavy atom. The second kappa shape index (κ2) is 8.73. The molecule has 0 unspecified atom stereocenters. The summed E-state index contributed by atoms with van der Waals surface area (Å²) in [6.07, 6.45) is 0. The number of methoxy groups -OCH3 is 1. The molecule has 9 heteroatoms. The summed E-state index contributed by atoms with van der Waals surface area (Å²) in [5, 5.41) is 10.2. The number of carbonyl (C=O) groups excluding carboxylic acids is 1. The molecule has 0 aliphatic heterocycles. The van der Waals surface area contributed by atoms with Gasteiger partial charge in [0, 0.05) is 16.7 Å². The van der Waals surface area contributed by atoms with Gasteiger partial charge in [0.1, 0.15) is 5.75 Å². The van der Waals surface area contributed by atoms with E-state index < -0.39 is 0 Å². The van der Waals surface area contributed by atoms with E-state index in [4.69, 9.17) is 16.3 Å². The Balaban J connectivity index is 1.63. The van der Waals surface area contributed by atoms with Crippen LogP contribution in [-0.2, 0) is 0 Å². The number of aromatic nitrogens is 4. The summed E-state index contributed by atoms with van der Waals surface area (Å²) >= 11 is 7.18. The van der Waals surface area contributed by atoms with Crippen molar-refractivity contribution in [3.05, 3.63) is 93.7 Å². The fraction of sp³-hybridized carbons (Fsp3) is 0.0833. The Kier molecular flexibility index (Phi) is 5.62. The van der Waals surface area contributed by atoms with Crippen molar-refractivity contribution in [3.63, 3.8) is 0 Å². The van der Waals surface area contributed by atoms with Crippen LogP contribution in [0.5, 0.6) is 5.75 Å². The molecule has 0 saturated carbocycles. The van der Waals surface area contributed by atoms with Crippen LogP contribution in [0.4, 0.5) is 0 Å². The van der Waals surface area contributed by atoms with Gasteiger partial charge in [-0.15, -0.1) is 10.2 Å². The number of hydrogen-bond donors (Lipinski definition) is 0. The Hall–Kier alpha value is -3.62. The summed E-state index contributed by atoms with van der Waals surface area (Å²) < 4.78 is 8.63. The van der Waals surface area contributed by atoms with Gasteiger partial charge in [0.05, 0.1) is 29.5 Å². The highest BCUT2D eigenvalue weighted by Crippen LogP contribution is 2.25. The highest BCUT2D eigenvalue weighted by Gasteiger charge is 2.19. The minimum atomic E-state index is -0.215. The van der Waals surface area contributed by atoms with Gasteiger partial charge in [0.15, 0.2) is 10.9 Å². The molecule has 0 N–H and O–H groups in total. The number of Topliss-reactive ketones (excluding diaryl/α,β-unsaturated/α-hetero) is 1. The van der Waals surface area contributed by atoms with E-state index in [9.17, 15) is 9.59 Å². The minimum Gasteiger partial charge on any atom is -0.497 e. The monoisotopic (exact) mass is 476 g/mol. The molecule has 0 aliphatic rings. The number of rotatable bonds is 6. The van der Waals surface area contributed by atoms with Crippen molar-refractivity contribution in [1.82, 2.24) is 19.2 Å². The average molecular weight is 477 g/mol. The molecular weight excluding hydrogens is 460 g/mol. The molecule has 0 amide bonds. The lowest BCUT2D eigenvalue weighted by Crippen LogP contribution is -2.22. The zero-order valence-corrected chi connectivity index (χ0v) is 19.0. The van der Waals surface area contributed by atoms with Gasteiger partial charge in [-0.2, -0.15) is 0 Å². The Morgan fingerprint density at radius 3 is 2.61 bits per heavy atom. The quantitative estimate of drug-likeness (QED) is 0.262. The first kappa shape index (κ1) is 21.2. The SMILES string of the molecule is COc1cccc(-n2c(=O)c3ccccc3n3c(SCC(=O)c4ccc(Cl)cc4)nnc23)c1.